The van der Waals surface area contributed by atoms with Crippen molar-refractivity contribution in [3.8, 4) is 0 Å². The zero-order chi connectivity index (χ0) is 23.7. The maximum Gasteiger partial charge on any atom is 0.246 e. The summed E-state index contributed by atoms with van der Waals surface area (Å²) in [6, 6.07) is 0. The molecule has 0 aromatic rings. The average molecular weight is 441 g/mol. The van der Waals surface area contributed by atoms with Crippen molar-refractivity contribution in [3.05, 3.63) is 24.6 Å². The first-order valence-electron chi connectivity index (χ1n) is 11.2. The van der Waals surface area contributed by atoms with Gasteiger partial charge in [-0.15, -0.1) is 0 Å². The lowest BCUT2D eigenvalue weighted by Crippen LogP contribution is -2.37. The van der Waals surface area contributed by atoms with E-state index in [4.69, 9.17) is 9.47 Å². The maximum atomic E-state index is 11.9. The van der Waals surface area contributed by atoms with Crippen LogP contribution in [-0.4, -0.2) is 62.9 Å². The number of rotatable bonds is 19. The second-order valence-corrected chi connectivity index (χ2v) is 8.44. The first-order chi connectivity index (χ1) is 14.6. The number of allylic oxidation sites excluding steroid dienone is 1. The topological polar surface area (TPSA) is 101 Å². The highest BCUT2D eigenvalue weighted by Crippen LogP contribution is 2.10. The normalized spacial score (nSPS) is 11.2. The van der Waals surface area contributed by atoms with E-state index >= 15 is 0 Å². The van der Waals surface area contributed by atoms with Crippen molar-refractivity contribution in [2.24, 2.45) is 0 Å². The maximum absolute atomic E-state index is 11.9. The second-order valence-electron chi connectivity index (χ2n) is 8.44. The number of likely N-dealkylation sites (N-methyl/N-ethyl adjacent to an activating group) is 1. The molecular formula is C23H44N4O4. The fourth-order valence-electron chi connectivity index (χ4n) is 2.46. The molecule has 0 fully saturated rings. The molecule has 8 heteroatoms. The molecule has 0 aromatic carbocycles. The molecule has 0 aliphatic rings. The van der Waals surface area contributed by atoms with Gasteiger partial charge >= 0.3 is 0 Å². The Bertz CT molecular complexity index is 562. The van der Waals surface area contributed by atoms with Gasteiger partial charge in [-0.05, 0) is 53.9 Å². The molecule has 0 radical (unpaired) electrons. The van der Waals surface area contributed by atoms with Gasteiger partial charge in [0.25, 0.3) is 0 Å². The molecule has 0 aromatic heterocycles. The lowest BCUT2D eigenvalue weighted by atomic mass is 10.1. The minimum absolute atomic E-state index is 0.0269. The molecule has 0 saturated heterocycles. The molecule has 4 N–H and O–H groups in total. The predicted octanol–water partition coefficient (Wildman–Crippen LogP) is 2.23. The van der Waals surface area contributed by atoms with Gasteiger partial charge in [0.1, 0.15) is 6.61 Å². The third kappa shape index (κ3) is 18.4. The number of nitrogens with one attached hydrogen (secondary N) is 4. The molecule has 180 valence electrons. The summed E-state index contributed by atoms with van der Waals surface area (Å²) in [6.07, 6.45) is 3.71. The number of carbonyl (C=O) groups excluding carboxylic acids is 2. The molecule has 0 heterocycles. The van der Waals surface area contributed by atoms with Crippen molar-refractivity contribution in [3.63, 3.8) is 0 Å². The predicted molar refractivity (Wildman–Crippen MR) is 126 cm³/mol. The van der Waals surface area contributed by atoms with Crippen molar-refractivity contribution in [1.29, 1.82) is 0 Å². The van der Waals surface area contributed by atoms with Crippen molar-refractivity contribution in [2.45, 2.75) is 72.0 Å². The summed E-state index contributed by atoms with van der Waals surface area (Å²) in [6.45, 7) is 20.0. The van der Waals surface area contributed by atoms with Crippen LogP contribution in [0.4, 0.5) is 0 Å². The number of unbranched alkanes of at least 4 members (excludes halogenated alkanes) is 2. The summed E-state index contributed by atoms with van der Waals surface area (Å²) in [4.78, 5) is 23.7. The standard InChI is InChI=1S/C23H44N4O4/c1-8-24-20(5)14-27-21(28)15-26-19(4)12-10-9-11-13-25-22(29)16-31-23(6,7)17-30-18(2)3/h18,24,26H,4-5,8-17H2,1-3,6-7H3,(H,25,29)(H,27,28). The van der Waals surface area contributed by atoms with Gasteiger partial charge in [0.15, 0.2) is 0 Å². The summed E-state index contributed by atoms with van der Waals surface area (Å²) in [5.74, 6) is -0.212. The number of hydrogen-bond acceptors (Lipinski definition) is 6. The van der Waals surface area contributed by atoms with E-state index < -0.39 is 5.60 Å². The molecule has 0 rings (SSSR count). The van der Waals surface area contributed by atoms with Gasteiger partial charge in [-0.3, -0.25) is 9.59 Å². The van der Waals surface area contributed by atoms with Crippen LogP contribution in [0, 0.1) is 0 Å². The SMILES string of the molecule is C=C(CCCCCNC(=O)COC(C)(C)COC(C)C)NCC(=O)NCC(=C)NCC. The molecule has 0 atom stereocenters. The molecule has 0 unspecified atom stereocenters. The van der Waals surface area contributed by atoms with Crippen LogP contribution in [0.3, 0.4) is 0 Å². The van der Waals surface area contributed by atoms with Gasteiger partial charge < -0.3 is 30.7 Å². The van der Waals surface area contributed by atoms with E-state index in [0.717, 1.165) is 43.6 Å². The highest BCUT2D eigenvalue weighted by molar-refractivity contribution is 5.78. The van der Waals surface area contributed by atoms with E-state index in [1.54, 1.807) is 0 Å². The average Bonchev–Trinajstić information content (AvgIpc) is 2.70. The first-order valence-corrected chi connectivity index (χ1v) is 11.2. The van der Waals surface area contributed by atoms with Crippen LogP contribution in [-0.2, 0) is 19.1 Å². The Morgan fingerprint density at radius 1 is 0.903 bits per heavy atom. The van der Waals surface area contributed by atoms with Crippen molar-refractivity contribution in [2.75, 3.05) is 39.4 Å². The summed E-state index contributed by atoms with van der Waals surface area (Å²) in [7, 11) is 0. The Kier molecular flexibility index (Phi) is 15.5. The van der Waals surface area contributed by atoms with Gasteiger partial charge in [0.2, 0.25) is 11.8 Å². The van der Waals surface area contributed by atoms with Gasteiger partial charge in [-0.2, -0.15) is 0 Å². The van der Waals surface area contributed by atoms with E-state index in [2.05, 4.69) is 34.4 Å². The first kappa shape index (κ1) is 28.9. The van der Waals surface area contributed by atoms with E-state index in [1.807, 2.05) is 34.6 Å². The third-order valence-corrected chi connectivity index (χ3v) is 4.26. The van der Waals surface area contributed by atoms with Crippen LogP contribution >= 0.6 is 0 Å². The lowest BCUT2D eigenvalue weighted by molar-refractivity contribution is -0.137. The molecule has 0 saturated carbocycles. The quantitative estimate of drug-likeness (QED) is 0.230. The van der Waals surface area contributed by atoms with E-state index in [1.165, 1.54) is 0 Å². The monoisotopic (exact) mass is 440 g/mol. The summed E-state index contributed by atoms with van der Waals surface area (Å²) in [5, 5.41) is 11.8. The van der Waals surface area contributed by atoms with Crippen LogP contribution in [0.25, 0.3) is 0 Å². The van der Waals surface area contributed by atoms with Crippen molar-refractivity contribution >= 4 is 11.8 Å². The van der Waals surface area contributed by atoms with Crippen LogP contribution in [0.15, 0.2) is 24.6 Å². The molecule has 2 amide bonds. The lowest BCUT2D eigenvalue weighted by Gasteiger charge is -2.25. The molecule has 0 spiro atoms. The number of ether oxygens (including phenoxy) is 2. The zero-order valence-corrected chi connectivity index (χ0v) is 20.2. The molecule has 31 heavy (non-hydrogen) atoms. The van der Waals surface area contributed by atoms with Gasteiger partial charge in [0, 0.05) is 24.5 Å². The Balaban J connectivity index is 3.70. The summed E-state index contributed by atoms with van der Waals surface area (Å²) >= 11 is 0. The smallest absolute Gasteiger partial charge is 0.246 e. The number of carbonyl (C=O) groups is 2. The Hall–Kier alpha value is -2.06. The molecule has 0 aliphatic carbocycles. The number of amides is 2. The van der Waals surface area contributed by atoms with Gasteiger partial charge in [0.05, 0.1) is 31.4 Å². The van der Waals surface area contributed by atoms with Crippen LogP contribution in [0.2, 0.25) is 0 Å². The van der Waals surface area contributed by atoms with Crippen molar-refractivity contribution < 1.29 is 19.1 Å². The molecule has 0 aliphatic heterocycles. The fraction of sp³-hybridized carbons (Fsp3) is 0.739. The summed E-state index contributed by atoms with van der Waals surface area (Å²) < 4.78 is 11.2. The molecular weight excluding hydrogens is 396 g/mol. The molecule has 0 bridgehead atoms. The highest BCUT2D eigenvalue weighted by atomic mass is 16.5. The zero-order valence-electron chi connectivity index (χ0n) is 20.2. The minimum atomic E-state index is -0.494. The highest BCUT2D eigenvalue weighted by Gasteiger charge is 2.20. The van der Waals surface area contributed by atoms with E-state index in [-0.39, 0.29) is 31.1 Å². The third-order valence-electron chi connectivity index (χ3n) is 4.26. The second kappa shape index (κ2) is 16.6. The Morgan fingerprint density at radius 2 is 1.61 bits per heavy atom. The number of hydrogen-bond donors (Lipinski definition) is 4. The van der Waals surface area contributed by atoms with E-state index in [0.29, 0.717) is 19.7 Å². The van der Waals surface area contributed by atoms with Gasteiger partial charge in [-0.25, -0.2) is 0 Å². The largest absolute Gasteiger partial charge is 0.388 e. The Morgan fingerprint density at radius 3 is 2.26 bits per heavy atom. The van der Waals surface area contributed by atoms with Crippen LogP contribution < -0.4 is 21.3 Å². The van der Waals surface area contributed by atoms with E-state index in [9.17, 15) is 9.59 Å². The van der Waals surface area contributed by atoms with Gasteiger partial charge in [-0.1, -0.05) is 19.6 Å². The Labute approximate surface area is 188 Å². The minimum Gasteiger partial charge on any atom is -0.388 e. The summed E-state index contributed by atoms with van der Waals surface area (Å²) in [5.41, 5.74) is 1.13. The molecule has 8 nitrogen and oxygen atoms in total. The van der Waals surface area contributed by atoms with Crippen molar-refractivity contribution in [1.82, 2.24) is 21.3 Å². The van der Waals surface area contributed by atoms with Crippen LogP contribution in [0.1, 0.15) is 60.3 Å². The van der Waals surface area contributed by atoms with Crippen LogP contribution in [0.5, 0.6) is 0 Å². The fourth-order valence-corrected chi connectivity index (χ4v) is 2.46.